The van der Waals surface area contributed by atoms with Gasteiger partial charge in [-0.15, -0.1) is 11.3 Å². The maximum atomic E-state index is 13.4. The van der Waals surface area contributed by atoms with E-state index in [1.54, 1.807) is 12.1 Å². The number of aromatic nitrogens is 1. The third-order valence-electron chi connectivity index (χ3n) is 6.45. The minimum Gasteiger partial charge on any atom is -0.508 e. The van der Waals surface area contributed by atoms with Crippen LogP contribution in [0.25, 0.3) is 0 Å². The smallest absolute Gasteiger partial charge is 0.357 e. The van der Waals surface area contributed by atoms with Crippen molar-refractivity contribution in [3.63, 3.8) is 0 Å². The minimum atomic E-state index is -0.999. The Morgan fingerprint density at radius 1 is 1.23 bits per heavy atom. The fourth-order valence-electron chi connectivity index (χ4n) is 4.64. The van der Waals surface area contributed by atoms with Crippen molar-refractivity contribution in [1.29, 1.82) is 0 Å². The largest absolute Gasteiger partial charge is 0.508 e. The summed E-state index contributed by atoms with van der Waals surface area (Å²) in [6.45, 7) is 0. The summed E-state index contributed by atoms with van der Waals surface area (Å²) in [4.78, 5) is 56.4. The zero-order valence-electron chi connectivity index (χ0n) is 19.4. The lowest BCUT2D eigenvalue weighted by atomic mass is 9.84. The van der Waals surface area contributed by atoms with E-state index in [2.05, 4.69) is 20.4 Å². The molecule has 3 N–H and O–H groups in total. The number of anilines is 1. The Kier molecular flexibility index (Phi) is 7.64. The minimum absolute atomic E-state index is 0.0700. The van der Waals surface area contributed by atoms with Crippen molar-refractivity contribution in [2.24, 2.45) is 5.92 Å². The first-order valence-electron chi connectivity index (χ1n) is 11.6. The average Bonchev–Trinajstić information content (AvgIpc) is 3.43. The molecule has 0 spiro atoms. The molecular formula is C24H28N4O6S. The van der Waals surface area contributed by atoms with Crippen molar-refractivity contribution in [2.75, 3.05) is 12.4 Å². The molecule has 0 bridgehead atoms. The second-order valence-electron chi connectivity index (χ2n) is 8.86. The third-order valence-corrected chi connectivity index (χ3v) is 7.21. The summed E-state index contributed by atoms with van der Waals surface area (Å²) < 4.78 is 4.65. The number of hydrogen-bond donors (Lipinski definition) is 3. The van der Waals surface area contributed by atoms with Gasteiger partial charge in [-0.05, 0) is 30.0 Å². The van der Waals surface area contributed by atoms with E-state index in [9.17, 15) is 24.3 Å². The maximum absolute atomic E-state index is 13.4. The standard InChI is InChI=1S/C24H28N4O6S/c1-34-22(32)18-13-35-23(25-18)27-20(30)19(12-14-5-3-2-4-6-14)28-21(31)17(26-24(28)33)11-15-7-9-16(29)10-8-15/h7-10,13-14,17,19,29H,2-6,11-12H2,1H3,(H,26,33)(H,25,27,30)/t17-,19-/m0/s1. The molecule has 1 aromatic heterocycles. The van der Waals surface area contributed by atoms with Crippen LogP contribution in [0.15, 0.2) is 29.6 Å². The highest BCUT2D eigenvalue weighted by Crippen LogP contribution is 2.31. The molecule has 35 heavy (non-hydrogen) atoms. The van der Waals surface area contributed by atoms with Gasteiger partial charge in [0.1, 0.15) is 17.8 Å². The number of hydrogen-bond acceptors (Lipinski definition) is 8. The van der Waals surface area contributed by atoms with Crippen LogP contribution in [0.5, 0.6) is 5.75 Å². The van der Waals surface area contributed by atoms with Gasteiger partial charge in [0.25, 0.3) is 5.91 Å². The van der Waals surface area contributed by atoms with Crippen molar-refractivity contribution in [2.45, 2.75) is 57.0 Å². The molecule has 2 fully saturated rings. The van der Waals surface area contributed by atoms with Crippen LogP contribution in [0.1, 0.15) is 54.6 Å². The maximum Gasteiger partial charge on any atom is 0.357 e. The number of benzene rings is 1. The summed E-state index contributed by atoms with van der Waals surface area (Å²) >= 11 is 1.06. The third kappa shape index (κ3) is 5.79. The summed E-state index contributed by atoms with van der Waals surface area (Å²) in [6, 6.07) is 3.99. The molecule has 1 aromatic carbocycles. The molecule has 1 aliphatic heterocycles. The number of amides is 4. The van der Waals surface area contributed by atoms with Gasteiger partial charge in [-0.3, -0.25) is 9.59 Å². The van der Waals surface area contributed by atoms with Crippen LogP contribution in [0, 0.1) is 5.92 Å². The quantitative estimate of drug-likeness (QED) is 0.374. The van der Waals surface area contributed by atoms with Crippen LogP contribution < -0.4 is 10.6 Å². The number of rotatable bonds is 8. The van der Waals surface area contributed by atoms with Gasteiger partial charge in [0.2, 0.25) is 5.91 Å². The van der Waals surface area contributed by atoms with Crippen LogP contribution in [-0.2, 0) is 20.7 Å². The molecule has 186 valence electrons. The van der Waals surface area contributed by atoms with E-state index in [0.717, 1.165) is 53.9 Å². The van der Waals surface area contributed by atoms with Crippen molar-refractivity contribution in [3.8, 4) is 5.75 Å². The number of imide groups is 1. The first-order valence-corrected chi connectivity index (χ1v) is 12.5. The highest BCUT2D eigenvalue weighted by Gasteiger charge is 2.45. The van der Waals surface area contributed by atoms with E-state index in [1.165, 1.54) is 24.6 Å². The van der Waals surface area contributed by atoms with Crippen molar-refractivity contribution in [1.82, 2.24) is 15.2 Å². The highest BCUT2D eigenvalue weighted by molar-refractivity contribution is 7.14. The van der Waals surface area contributed by atoms with Crippen molar-refractivity contribution >= 4 is 40.3 Å². The normalized spacial score (nSPS) is 19.3. The van der Waals surface area contributed by atoms with Gasteiger partial charge in [0, 0.05) is 11.8 Å². The van der Waals surface area contributed by atoms with Gasteiger partial charge in [0.05, 0.1) is 7.11 Å². The molecule has 2 heterocycles. The topological polar surface area (TPSA) is 138 Å². The predicted molar refractivity (Wildman–Crippen MR) is 128 cm³/mol. The molecule has 10 nitrogen and oxygen atoms in total. The number of nitrogens with zero attached hydrogens (tertiary/aromatic N) is 2. The van der Waals surface area contributed by atoms with Gasteiger partial charge in [0.15, 0.2) is 10.8 Å². The van der Waals surface area contributed by atoms with Crippen LogP contribution in [0.2, 0.25) is 0 Å². The molecule has 1 aliphatic carbocycles. The number of ether oxygens (including phenoxy) is 1. The first-order chi connectivity index (χ1) is 16.9. The zero-order chi connectivity index (χ0) is 24.9. The molecule has 1 saturated carbocycles. The number of phenols is 1. The number of methoxy groups -OCH3 is 1. The molecular weight excluding hydrogens is 472 g/mol. The number of esters is 1. The van der Waals surface area contributed by atoms with E-state index in [1.807, 2.05) is 0 Å². The molecule has 2 aromatic rings. The second kappa shape index (κ2) is 10.9. The predicted octanol–water partition coefficient (Wildman–Crippen LogP) is 3.08. The van der Waals surface area contributed by atoms with Crippen LogP contribution in [0.4, 0.5) is 9.93 Å². The molecule has 4 rings (SSSR count). The van der Waals surface area contributed by atoms with E-state index in [0.29, 0.717) is 6.42 Å². The Labute approximate surface area is 206 Å². The molecule has 2 aliphatic rings. The summed E-state index contributed by atoms with van der Waals surface area (Å²) in [6.07, 6.45) is 5.73. The number of aromatic hydroxyl groups is 1. The summed E-state index contributed by atoms with van der Waals surface area (Å²) in [5.41, 5.74) is 0.843. The van der Waals surface area contributed by atoms with Gasteiger partial charge >= 0.3 is 12.0 Å². The van der Waals surface area contributed by atoms with Gasteiger partial charge in [-0.2, -0.15) is 0 Å². The number of urea groups is 1. The van der Waals surface area contributed by atoms with E-state index >= 15 is 0 Å². The average molecular weight is 501 g/mol. The zero-order valence-corrected chi connectivity index (χ0v) is 20.2. The van der Waals surface area contributed by atoms with E-state index in [4.69, 9.17) is 0 Å². The number of thiazole rings is 1. The molecule has 4 amide bonds. The fourth-order valence-corrected chi connectivity index (χ4v) is 5.32. The van der Waals surface area contributed by atoms with Crippen molar-refractivity contribution in [3.05, 3.63) is 40.9 Å². The van der Waals surface area contributed by atoms with Gasteiger partial charge in [-0.1, -0.05) is 44.2 Å². The molecule has 1 saturated heterocycles. The number of phenolic OH excluding ortho intramolecular Hbond substituents is 1. The van der Waals surface area contributed by atoms with Gasteiger partial charge in [-0.25, -0.2) is 19.5 Å². The molecule has 0 unspecified atom stereocenters. The number of carbonyl (C=O) groups excluding carboxylic acids is 4. The Balaban J connectivity index is 1.52. The highest BCUT2D eigenvalue weighted by atomic mass is 32.1. The lowest BCUT2D eigenvalue weighted by Gasteiger charge is -2.30. The number of carbonyl (C=O) groups is 4. The monoisotopic (exact) mass is 500 g/mol. The molecule has 2 atom stereocenters. The van der Waals surface area contributed by atoms with Crippen molar-refractivity contribution < 1.29 is 29.0 Å². The molecule has 0 radical (unpaired) electrons. The summed E-state index contributed by atoms with van der Waals surface area (Å²) in [5.74, 6) is -1.27. The second-order valence-corrected chi connectivity index (χ2v) is 9.71. The Morgan fingerprint density at radius 3 is 2.63 bits per heavy atom. The van der Waals surface area contributed by atoms with Crippen LogP contribution >= 0.6 is 11.3 Å². The van der Waals surface area contributed by atoms with E-state index < -0.39 is 35.9 Å². The SMILES string of the molecule is COC(=O)c1csc(NC(=O)[C@H](CC2CCCCC2)N2C(=O)N[C@@H](Cc3ccc(O)cc3)C2=O)n1. The van der Waals surface area contributed by atoms with E-state index in [-0.39, 0.29) is 28.9 Å². The van der Waals surface area contributed by atoms with Crippen LogP contribution in [-0.4, -0.2) is 58.0 Å². The fraction of sp³-hybridized carbons (Fsp3) is 0.458. The first kappa shape index (κ1) is 24.6. The van der Waals surface area contributed by atoms with Gasteiger partial charge < -0.3 is 20.5 Å². The summed E-state index contributed by atoms with van der Waals surface area (Å²) in [5, 5.41) is 16.5. The van der Waals surface area contributed by atoms with Crippen LogP contribution in [0.3, 0.4) is 0 Å². The Morgan fingerprint density at radius 2 is 1.94 bits per heavy atom. The number of nitrogens with one attached hydrogen (secondary N) is 2. The Hall–Kier alpha value is -3.47. The molecule has 11 heteroatoms. The lowest BCUT2D eigenvalue weighted by molar-refractivity contribution is -0.134. The lowest BCUT2D eigenvalue weighted by Crippen LogP contribution is -2.49. The Bertz CT molecular complexity index is 1100. The summed E-state index contributed by atoms with van der Waals surface area (Å²) in [7, 11) is 1.24.